The zero-order valence-electron chi connectivity index (χ0n) is 20.6. The third-order valence-corrected chi connectivity index (χ3v) is 6.11. The predicted molar refractivity (Wildman–Crippen MR) is 127 cm³/mol. The van der Waals surface area contributed by atoms with Gasteiger partial charge in [0, 0.05) is 73.1 Å². The second-order valence-corrected chi connectivity index (χ2v) is 7.96. The van der Waals surface area contributed by atoms with Gasteiger partial charge in [-0.2, -0.15) is 10.5 Å². The number of nitriles is 2. The molecule has 8 nitrogen and oxygen atoms in total. The number of ether oxygens (including phenoxy) is 5. The van der Waals surface area contributed by atoms with Gasteiger partial charge in [-0.05, 0) is 38.5 Å². The molecule has 0 saturated heterocycles. The van der Waals surface area contributed by atoms with E-state index >= 15 is 0 Å². The summed E-state index contributed by atoms with van der Waals surface area (Å²) in [5.74, 6) is 0.551. The van der Waals surface area contributed by atoms with Gasteiger partial charge in [-0.3, -0.25) is 4.79 Å². The number of rotatable bonds is 9. The highest BCUT2D eigenvalue weighted by molar-refractivity contribution is 5.81. The Labute approximate surface area is 201 Å². The van der Waals surface area contributed by atoms with Crippen LogP contribution in [0.5, 0.6) is 0 Å². The number of methoxy groups -OCH3 is 5. The lowest BCUT2D eigenvalue weighted by Crippen LogP contribution is -2.44. The minimum Gasteiger partial charge on any atom is -0.353 e. The summed E-state index contributed by atoms with van der Waals surface area (Å²) in [7, 11) is 7.94. The molecular weight excluding hydrogens is 424 g/mol. The van der Waals surface area contributed by atoms with Crippen LogP contribution in [0.3, 0.4) is 0 Å². The normalized spacial score (nSPS) is 21.3. The number of hydrogen-bond donors (Lipinski definition) is 0. The molecule has 2 unspecified atom stereocenters. The summed E-state index contributed by atoms with van der Waals surface area (Å²) in [6, 6.07) is 4.27. The van der Waals surface area contributed by atoms with Crippen LogP contribution in [0.15, 0.2) is 0 Å². The van der Waals surface area contributed by atoms with Gasteiger partial charge < -0.3 is 23.7 Å². The van der Waals surface area contributed by atoms with Gasteiger partial charge in [-0.1, -0.05) is 20.3 Å². The molecule has 2 saturated carbocycles. The molecule has 2 aliphatic carbocycles. The van der Waals surface area contributed by atoms with Crippen LogP contribution in [0.2, 0.25) is 0 Å². The van der Waals surface area contributed by atoms with Gasteiger partial charge in [0.25, 0.3) is 6.48 Å². The fourth-order valence-electron chi connectivity index (χ4n) is 4.30. The van der Waals surface area contributed by atoms with Crippen LogP contribution in [0.4, 0.5) is 0 Å². The standard InChI is InChI=1S/C11H19NO2.C9H13NO.C4H10O3.CH4/c1-13-11(14-2)8-4-3-6-10(11)7-5-9-12;10-7-3-5-8-4-1-2-6-9(8)11;1-5-4(6-2)7-3;/h10H,3-8H2,1-2H3;8H,1-6H2;4H,1-3H3;1H4. The summed E-state index contributed by atoms with van der Waals surface area (Å²) in [4.78, 5) is 11.2. The number of ketones is 1. The molecular formula is C25H46N2O6. The highest BCUT2D eigenvalue weighted by atomic mass is 16.8. The van der Waals surface area contributed by atoms with Gasteiger partial charge in [-0.25, -0.2) is 0 Å². The molecule has 0 aromatic carbocycles. The molecule has 0 amide bonds. The van der Waals surface area contributed by atoms with E-state index in [4.69, 9.17) is 20.0 Å². The van der Waals surface area contributed by atoms with Crippen LogP contribution in [-0.4, -0.2) is 53.6 Å². The number of nitrogens with zero attached hydrogens (tertiary/aromatic N) is 2. The van der Waals surface area contributed by atoms with E-state index in [0.717, 1.165) is 51.4 Å². The molecule has 0 aromatic heterocycles. The molecule has 0 bridgehead atoms. The average Bonchev–Trinajstić information content (AvgIpc) is 2.84. The summed E-state index contributed by atoms with van der Waals surface area (Å²) in [6.45, 7) is -0.514. The van der Waals surface area contributed by atoms with Crippen molar-refractivity contribution in [3.63, 3.8) is 0 Å². The van der Waals surface area contributed by atoms with Crippen LogP contribution < -0.4 is 0 Å². The summed E-state index contributed by atoms with van der Waals surface area (Å²) in [5, 5.41) is 16.9. The monoisotopic (exact) mass is 470 g/mol. The Morgan fingerprint density at radius 1 is 0.879 bits per heavy atom. The van der Waals surface area contributed by atoms with Gasteiger partial charge in [0.05, 0.1) is 12.1 Å². The highest BCUT2D eigenvalue weighted by Gasteiger charge is 2.40. The Bertz CT molecular complexity index is 559. The van der Waals surface area contributed by atoms with E-state index < -0.39 is 12.3 Å². The third kappa shape index (κ3) is 13.1. The van der Waals surface area contributed by atoms with Crippen LogP contribution in [-0.2, 0) is 28.5 Å². The molecule has 0 N–H and O–H groups in total. The molecule has 2 atom stereocenters. The molecule has 0 aliphatic heterocycles. The minimum absolute atomic E-state index is 0. The molecule has 0 heterocycles. The second kappa shape index (κ2) is 21.0. The lowest BCUT2D eigenvalue weighted by Gasteiger charge is -2.41. The fourth-order valence-corrected chi connectivity index (χ4v) is 4.30. The summed E-state index contributed by atoms with van der Waals surface area (Å²) in [6.07, 6.45) is 11.2. The lowest BCUT2D eigenvalue weighted by atomic mass is 9.80. The van der Waals surface area contributed by atoms with Gasteiger partial charge in [0.1, 0.15) is 5.78 Å². The number of carbonyl (C=O) groups is 1. The van der Waals surface area contributed by atoms with Crippen molar-refractivity contribution >= 4 is 5.78 Å². The molecule has 0 radical (unpaired) electrons. The van der Waals surface area contributed by atoms with E-state index in [2.05, 4.69) is 26.3 Å². The number of Topliss-reactive ketones (excluding diaryl/α,β-unsaturated/α-hetero) is 1. The summed E-state index contributed by atoms with van der Waals surface area (Å²) in [5.41, 5.74) is 0. The molecule has 0 aromatic rings. The van der Waals surface area contributed by atoms with Crippen molar-refractivity contribution in [2.45, 2.75) is 96.7 Å². The molecule has 0 spiro atoms. The minimum atomic E-state index is -0.514. The zero-order chi connectivity index (χ0) is 24.2. The molecule has 2 rings (SSSR count). The topological polar surface area (TPSA) is 111 Å². The maximum atomic E-state index is 11.2. The van der Waals surface area contributed by atoms with E-state index in [0.29, 0.717) is 24.5 Å². The highest BCUT2D eigenvalue weighted by Crippen LogP contribution is 2.39. The summed E-state index contributed by atoms with van der Waals surface area (Å²) >= 11 is 0. The van der Waals surface area contributed by atoms with Crippen molar-refractivity contribution in [3.8, 4) is 12.1 Å². The fraction of sp³-hybridized carbons (Fsp3) is 0.880. The van der Waals surface area contributed by atoms with E-state index in [1.807, 2.05) is 0 Å². The first kappa shape index (κ1) is 33.6. The molecule has 2 fully saturated rings. The number of hydrogen-bond acceptors (Lipinski definition) is 8. The Morgan fingerprint density at radius 2 is 1.42 bits per heavy atom. The van der Waals surface area contributed by atoms with E-state index in [-0.39, 0.29) is 13.3 Å². The zero-order valence-corrected chi connectivity index (χ0v) is 20.6. The van der Waals surface area contributed by atoms with Gasteiger partial charge >= 0.3 is 0 Å². The third-order valence-electron chi connectivity index (χ3n) is 6.11. The van der Waals surface area contributed by atoms with Crippen LogP contribution in [0.1, 0.15) is 84.5 Å². The van der Waals surface area contributed by atoms with Crippen molar-refractivity contribution < 1.29 is 28.5 Å². The smallest absolute Gasteiger partial charge is 0.270 e. The van der Waals surface area contributed by atoms with Crippen molar-refractivity contribution in [1.82, 2.24) is 0 Å². The van der Waals surface area contributed by atoms with Crippen molar-refractivity contribution in [2.75, 3.05) is 35.5 Å². The predicted octanol–water partition coefficient (Wildman–Crippen LogP) is 5.36. The average molecular weight is 471 g/mol. The maximum Gasteiger partial charge on any atom is 0.270 e. The Kier molecular flexibility index (Phi) is 21.4. The molecule has 192 valence electrons. The SMILES string of the molecule is C.COC(OC)OC.COC1(OC)CCCCC1CCC#N.N#CCCC1CCCCC1=O. The largest absolute Gasteiger partial charge is 0.353 e. The quantitative estimate of drug-likeness (QED) is 0.414. The molecule has 2 aliphatic rings. The van der Waals surface area contributed by atoms with Crippen molar-refractivity contribution in [3.05, 3.63) is 0 Å². The maximum absolute atomic E-state index is 11.2. The van der Waals surface area contributed by atoms with E-state index in [1.54, 1.807) is 14.2 Å². The molecule has 33 heavy (non-hydrogen) atoms. The Morgan fingerprint density at radius 3 is 1.88 bits per heavy atom. The Balaban J connectivity index is 0. The first-order valence-corrected chi connectivity index (χ1v) is 11.4. The Hall–Kier alpha value is -1.55. The van der Waals surface area contributed by atoms with Gasteiger partial charge in [-0.15, -0.1) is 0 Å². The first-order chi connectivity index (χ1) is 15.5. The van der Waals surface area contributed by atoms with Crippen molar-refractivity contribution in [2.24, 2.45) is 11.8 Å². The van der Waals surface area contributed by atoms with E-state index in [9.17, 15) is 4.79 Å². The van der Waals surface area contributed by atoms with Gasteiger partial charge in [0.15, 0.2) is 5.79 Å². The van der Waals surface area contributed by atoms with Crippen LogP contribution in [0, 0.1) is 34.5 Å². The van der Waals surface area contributed by atoms with Crippen LogP contribution >= 0.6 is 0 Å². The van der Waals surface area contributed by atoms with Crippen LogP contribution in [0.25, 0.3) is 0 Å². The second-order valence-electron chi connectivity index (χ2n) is 7.96. The molecule has 8 heteroatoms. The van der Waals surface area contributed by atoms with Crippen molar-refractivity contribution in [1.29, 1.82) is 10.5 Å². The van der Waals surface area contributed by atoms with E-state index in [1.165, 1.54) is 34.2 Å². The number of carbonyl (C=O) groups excluding carboxylic acids is 1. The summed E-state index contributed by atoms with van der Waals surface area (Å²) < 4.78 is 24.8. The lowest BCUT2D eigenvalue weighted by molar-refractivity contribution is -0.255. The van der Waals surface area contributed by atoms with Gasteiger partial charge in [0.2, 0.25) is 0 Å². The first-order valence-electron chi connectivity index (χ1n) is 11.4.